The van der Waals surface area contributed by atoms with E-state index in [0.29, 0.717) is 28.7 Å². The van der Waals surface area contributed by atoms with Crippen LogP contribution in [0.4, 0.5) is 0 Å². The highest BCUT2D eigenvalue weighted by Gasteiger charge is 2.23. The summed E-state index contributed by atoms with van der Waals surface area (Å²) >= 11 is 0. The highest BCUT2D eigenvalue weighted by atomic mass is 16.4. The van der Waals surface area contributed by atoms with Gasteiger partial charge >= 0.3 is 5.97 Å². The van der Waals surface area contributed by atoms with E-state index in [1.165, 1.54) is 4.90 Å². The fraction of sp³-hybridized carbons (Fsp3) is 0.188. The van der Waals surface area contributed by atoms with E-state index < -0.39 is 17.9 Å². The maximum absolute atomic E-state index is 13.8. The standard InChI is InChI=1S/C32H31N3O5/c36-22-29(23-10-2-1-3-11-23)34-31(39)27-15-6-4-13-25(27)26-14-5-7-16-28(26)32(40)35(21-18-30(37)38)20-17-24-12-8-9-19-33-24/h1-16,19,29,36H,17-18,20-22H2,(H,34,39)(H,37,38)/t29-/m0/s1. The molecule has 2 amide bonds. The number of hydrogen-bond donors (Lipinski definition) is 3. The SMILES string of the molecule is O=C(O)CCN(CCc1ccccn1)C(=O)c1ccccc1-c1ccccc1C(=O)N[C@@H](CO)c1ccccc1. The molecule has 40 heavy (non-hydrogen) atoms. The van der Waals surface area contributed by atoms with E-state index in [2.05, 4.69) is 10.3 Å². The molecule has 8 heteroatoms. The summed E-state index contributed by atoms with van der Waals surface area (Å²) in [7, 11) is 0. The molecule has 0 saturated carbocycles. The number of benzene rings is 3. The summed E-state index contributed by atoms with van der Waals surface area (Å²) in [4.78, 5) is 44.5. The Hall–Kier alpha value is -4.82. The van der Waals surface area contributed by atoms with E-state index in [-0.39, 0.29) is 32.0 Å². The Labute approximate surface area is 232 Å². The Morgan fingerprint density at radius 2 is 1.40 bits per heavy atom. The van der Waals surface area contributed by atoms with Crippen molar-refractivity contribution >= 4 is 17.8 Å². The molecule has 3 N–H and O–H groups in total. The van der Waals surface area contributed by atoms with Crippen molar-refractivity contribution in [2.45, 2.75) is 18.9 Å². The first-order chi connectivity index (χ1) is 19.5. The average molecular weight is 538 g/mol. The van der Waals surface area contributed by atoms with Gasteiger partial charge < -0.3 is 20.4 Å². The minimum Gasteiger partial charge on any atom is -0.481 e. The van der Waals surface area contributed by atoms with Crippen molar-refractivity contribution < 1.29 is 24.6 Å². The number of carbonyl (C=O) groups is 3. The van der Waals surface area contributed by atoms with Gasteiger partial charge in [0.2, 0.25) is 0 Å². The fourth-order valence-corrected chi connectivity index (χ4v) is 4.49. The number of amides is 2. The molecule has 0 saturated heterocycles. The lowest BCUT2D eigenvalue weighted by molar-refractivity contribution is -0.137. The molecule has 0 aliphatic rings. The van der Waals surface area contributed by atoms with E-state index in [1.54, 1.807) is 54.7 Å². The number of carbonyl (C=O) groups excluding carboxylic acids is 2. The number of hydrogen-bond acceptors (Lipinski definition) is 5. The second-order valence-corrected chi connectivity index (χ2v) is 9.22. The molecule has 0 bridgehead atoms. The van der Waals surface area contributed by atoms with Crippen molar-refractivity contribution in [2.75, 3.05) is 19.7 Å². The van der Waals surface area contributed by atoms with Crippen molar-refractivity contribution in [2.24, 2.45) is 0 Å². The molecule has 4 rings (SSSR count). The van der Waals surface area contributed by atoms with Crippen LogP contribution in [-0.4, -0.2) is 57.6 Å². The lowest BCUT2D eigenvalue weighted by Crippen LogP contribution is -2.35. The largest absolute Gasteiger partial charge is 0.481 e. The molecule has 8 nitrogen and oxygen atoms in total. The summed E-state index contributed by atoms with van der Waals surface area (Å²) in [5.74, 6) is -1.72. The molecule has 1 aromatic heterocycles. The fourth-order valence-electron chi connectivity index (χ4n) is 4.49. The molecular weight excluding hydrogens is 506 g/mol. The molecule has 0 spiro atoms. The third-order valence-corrected chi connectivity index (χ3v) is 6.56. The number of pyridine rings is 1. The van der Waals surface area contributed by atoms with E-state index in [0.717, 1.165) is 11.3 Å². The quantitative estimate of drug-likeness (QED) is 0.247. The van der Waals surface area contributed by atoms with Gasteiger partial charge in [0.1, 0.15) is 0 Å². The molecule has 0 fully saturated rings. The van der Waals surface area contributed by atoms with Crippen molar-refractivity contribution in [3.05, 3.63) is 126 Å². The van der Waals surface area contributed by atoms with Crippen LogP contribution in [-0.2, 0) is 11.2 Å². The number of rotatable bonds is 12. The lowest BCUT2D eigenvalue weighted by atomic mass is 9.94. The van der Waals surface area contributed by atoms with Crippen LogP contribution in [0.25, 0.3) is 11.1 Å². The second-order valence-electron chi connectivity index (χ2n) is 9.22. The van der Waals surface area contributed by atoms with Gasteiger partial charge in [0.15, 0.2) is 0 Å². The van der Waals surface area contributed by atoms with E-state index in [9.17, 15) is 24.6 Å². The summed E-state index contributed by atoms with van der Waals surface area (Å²) in [6.07, 6.45) is 1.95. The van der Waals surface area contributed by atoms with Crippen LogP contribution in [0.5, 0.6) is 0 Å². The third-order valence-electron chi connectivity index (χ3n) is 6.56. The molecule has 3 aromatic carbocycles. The zero-order chi connectivity index (χ0) is 28.3. The van der Waals surface area contributed by atoms with E-state index >= 15 is 0 Å². The van der Waals surface area contributed by atoms with Crippen LogP contribution >= 0.6 is 0 Å². The predicted octanol–water partition coefficient (Wildman–Crippen LogP) is 4.37. The van der Waals surface area contributed by atoms with E-state index in [4.69, 9.17) is 0 Å². The normalized spacial score (nSPS) is 11.4. The van der Waals surface area contributed by atoms with Gasteiger partial charge in [-0.05, 0) is 41.0 Å². The molecule has 0 radical (unpaired) electrons. The summed E-state index contributed by atoms with van der Waals surface area (Å²) in [6, 6.07) is 28.1. The topological polar surface area (TPSA) is 120 Å². The molecule has 1 atom stereocenters. The molecule has 1 heterocycles. The van der Waals surface area contributed by atoms with Gasteiger partial charge in [-0.25, -0.2) is 0 Å². The molecular formula is C32H31N3O5. The zero-order valence-corrected chi connectivity index (χ0v) is 21.9. The predicted molar refractivity (Wildman–Crippen MR) is 152 cm³/mol. The van der Waals surface area contributed by atoms with Crippen LogP contribution in [0.15, 0.2) is 103 Å². The third kappa shape index (κ3) is 7.18. The maximum atomic E-state index is 13.8. The average Bonchev–Trinajstić information content (AvgIpc) is 3.00. The molecule has 0 unspecified atom stereocenters. The first kappa shape index (κ1) is 28.2. The molecule has 204 valence electrons. The minimum absolute atomic E-state index is 0.0344. The Morgan fingerprint density at radius 3 is 2.05 bits per heavy atom. The van der Waals surface area contributed by atoms with Gasteiger partial charge in [0, 0.05) is 42.5 Å². The lowest BCUT2D eigenvalue weighted by Gasteiger charge is -2.24. The van der Waals surface area contributed by atoms with Crippen molar-refractivity contribution in [1.29, 1.82) is 0 Å². The first-order valence-corrected chi connectivity index (χ1v) is 13.0. The first-order valence-electron chi connectivity index (χ1n) is 13.0. The molecule has 0 aliphatic heterocycles. The number of aliphatic hydroxyl groups is 1. The molecule has 0 aliphatic carbocycles. The number of carboxylic acids is 1. The van der Waals surface area contributed by atoms with Crippen LogP contribution in [0.2, 0.25) is 0 Å². The van der Waals surface area contributed by atoms with Crippen LogP contribution in [0, 0.1) is 0 Å². The highest BCUT2D eigenvalue weighted by Crippen LogP contribution is 2.29. The number of aromatic nitrogens is 1. The number of aliphatic carboxylic acids is 1. The summed E-state index contributed by atoms with van der Waals surface area (Å²) in [5, 5.41) is 22.1. The van der Waals surface area contributed by atoms with Gasteiger partial charge in [-0.1, -0.05) is 72.8 Å². The van der Waals surface area contributed by atoms with Gasteiger partial charge in [-0.2, -0.15) is 0 Å². The number of carboxylic acid groups (broad SMARTS) is 1. The number of nitrogens with one attached hydrogen (secondary N) is 1. The maximum Gasteiger partial charge on any atom is 0.305 e. The Bertz CT molecular complexity index is 1440. The monoisotopic (exact) mass is 537 g/mol. The van der Waals surface area contributed by atoms with Crippen molar-refractivity contribution in [3.63, 3.8) is 0 Å². The van der Waals surface area contributed by atoms with Crippen LogP contribution in [0.1, 0.15) is 44.4 Å². The Morgan fingerprint density at radius 1 is 0.775 bits per heavy atom. The smallest absolute Gasteiger partial charge is 0.305 e. The van der Waals surface area contributed by atoms with Crippen molar-refractivity contribution in [1.82, 2.24) is 15.2 Å². The minimum atomic E-state index is -0.997. The summed E-state index contributed by atoms with van der Waals surface area (Å²) in [6.45, 7) is 0.0450. The highest BCUT2D eigenvalue weighted by molar-refractivity contribution is 6.06. The summed E-state index contributed by atoms with van der Waals surface area (Å²) < 4.78 is 0. The van der Waals surface area contributed by atoms with Crippen LogP contribution < -0.4 is 5.32 Å². The number of nitrogens with zero attached hydrogens (tertiary/aromatic N) is 2. The van der Waals surface area contributed by atoms with Gasteiger partial charge in [0.25, 0.3) is 11.8 Å². The van der Waals surface area contributed by atoms with Crippen LogP contribution in [0.3, 0.4) is 0 Å². The second kappa shape index (κ2) is 13.8. The Kier molecular flexibility index (Phi) is 9.74. The van der Waals surface area contributed by atoms with Crippen molar-refractivity contribution in [3.8, 4) is 11.1 Å². The Balaban J connectivity index is 1.64. The molecule has 4 aromatic rings. The van der Waals surface area contributed by atoms with E-state index in [1.807, 2.05) is 48.5 Å². The number of aliphatic hydroxyl groups excluding tert-OH is 1. The van der Waals surface area contributed by atoms with Gasteiger partial charge in [-0.15, -0.1) is 0 Å². The van der Waals surface area contributed by atoms with Gasteiger partial charge in [-0.3, -0.25) is 19.4 Å². The zero-order valence-electron chi connectivity index (χ0n) is 21.9. The van der Waals surface area contributed by atoms with Gasteiger partial charge in [0.05, 0.1) is 19.1 Å². The summed E-state index contributed by atoms with van der Waals surface area (Å²) in [5.41, 5.74) is 3.38.